The van der Waals surface area contributed by atoms with E-state index in [1.165, 1.54) is 23.8 Å². The molecule has 0 heterocycles. The lowest BCUT2D eigenvalue weighted by atomic mass is 9.76. The number of phenols is 1. The van der Waals surface area contributed by atoms with Crippen molar-refractivity contribution >= 4 is 23.2 Å². The van der Waals surface area contributed by atoms with Crippen molar-refractivity contribution in [2.75, 3.05) is 17.3 Å². The van der Waals surface area contributed by atoms with E-state index < -0.39 is 18.7 Å². The van der Waals surface area contributed by atoms with Crippen LogP contribution in [0.4, 0.5) is 15.8 Å². The molecule has 0 aromatic heterocycles. The molecule has 0 bridgehead atoms. The Morgan fingerprint density at radius 1 is 0.943 bits per heavy atom. The van der Waals surface area contributed by atoms with Gasteiger partial charge in [0.2, 0.25) is 0 Å². The monoisotopic (exact) mass is 486 g/mol. The van der Waals surface area contributed by atoms with Crippen LogP contribution in [0.25, 0.3) is 0 Å². The van der Waals surface area contributed by atoms with Gasteiger partial charge in [-0.1, -0.05) is 60.6 Å². The van der Waals surface area contributed by atoms with Crippen molar-refractivity contribution in [2.45, 2.75) is 84.7 Å². The maximum atomic E-state index is 13.1. The molecule has 1 unspecified atom stereocenters. The summed E-state index contributed by atoms with van der Waals surface area (Å²) in [6, 6.07) is 10.3. The summed E-state index contributed by atoms with van der Waals surface area (Å²) in [6.07, 6.45) is 1.54. The number of hydrogen-bond donors (Lipinski definition) is 3. The summed E-state index contributed by atoms with van der Waals surface area (Å²) >= 11 is 0. The molecular formula is C28H39FN2O4. The van der Waals surface area contributed by atoms with Crippen molar-refractivity contribution in [1.82, 2.24) is 0 Å². The number of anilines is 2. The van der Waals surface area contributed by atoms with Crippen LogP contribution in [0.3, 0.4) is 0 Å². The maximum Gasteiger partial charge on any atom is 0.265 e. The second-order valence-electron chi connectivity index (χ2n) is 10.1. The fourth-order valence-electron chi connectivity index (χ4n) is 3.63. The van der Waals surface area contributed by atoms with E-state index in [9.17, 15) is 19.1 Å². The molecule has 7 heteroatoms. The normalized spacial score (nSPS) is 12.7. The Hall–Kier alpha value is -3.09. The molecule has 2 rings (SSSR count). The van der Waals surface area contributed by atoms with Crippen molar-refractivity contribution in [3.05, 3.63) is 47.5 Å². The predicted molar refractivity (Wildman–Crippen MR) is 139 cm³/mol. The van der Waals surface area contributed by atoms with Crippen molar-refractivity contribution in [2.24, 2.45) is 0 Å². The number of carbonyl (C=O) groups excluding carboxylic acids is 2. The summed E-state index contributed by atoms with van der Waals surface area (Å²) in [5, 5.41) is 15.0. The number of benzene rings is 2. The van der Waals surface area contributed by atoms with E-state index in [1.807, 2.05) is 13.0 Å². The van der Waals surface area contributed by atoms with Gasteiger partial charge in [0, 0.05) is 29.1 Å². The molecule has 1 atom stereocenters. The zero-order valence-corrected chi connectivity index (χ0v) is 21.9. The molecular weight excluding hydrogens is 447 g/mol. The van der Waals surface area contributed by atoms with Gasteiger partial charge in [-0.2, -0.15) is 0 Å². The molecule has 2 amide bonds. The van der Waals surface area contributed by atoms with Crippen LogP contribution >= 0.6 is 0 Å². The van der Waals surface area contributed by atoms with Crippen LogP contribution < -0.4 is 15.4 Å². The summed E-state index contributed by atoms with van der Waals surface area (Å²) in [4.78, 5) is 24.4. The molecule has 0 radical (unpaired) electrons. The van der Waals surface area contributed by atoms with E-state index in [0.717, 1.165) is 18.4 Å². The van der Waals surface area contributed by atoms with Crippen LogP contribution in [0.5, 0.6) is 11.5 Å². The lowest BCUT2D eigenvalue weighted by Crippen LogP contribution is -2.33. The zero-order valence-electron chi connectivity index (χ0n) is 21.9. The minimum absolute atomic E-state index is 0.0171. The van der Waals surface area contributed by atoms with Crippen molar-refractivity contribution in [1.29, 1.82) is 0 Å². The number of phenolic OH excluding ortho intramolecular Hbond substituents is 1. The van der Waals surface area contributed by atoms with Gasteiger partial charge in [-0.25, -0.2) is 4.39 Å². The van der Waals surface area contributed by atoms with Crippen molar-refractivity contribution < 1.29 is 23.8 Å². The molecule has 0 aliphatic heterocycles. The Kier molecular flexibility index (Phi) is 9.30. The molecule has 0 aliphatic rings. The molecule has 35 heavy (non-hydrogen) atoms. The Bertz CT molecular complexity index is 1050. The molecule has 0 spiro atoms. The zero-order chi connectivity index (χ0) is 26.4. The van der Waals surface area contributed by atoms with Gasteiger partial charge in [0.05, 0.1) is 0 Å². The van der Waals surface area contributed by atoms with E-state index >= 15 is 0 Å². The number of aromatic hydroxyl groups is 1. The molecule has 6 nitrogen and oxygen atoms in total. The molecule has 0 saturated carbocycles. The third-order valence-electron chi connectivity index (χ3n) is 6.78. The van der Waals surface area contributed by atoms with Gasteiger partial charge in [0.15, 0.2) is 12.8 Å². The van der Waals surface area contributed by atoms with Crippen LogP contribution in [0.1, 0.15) is 78.9 Å². The van der Waals surface area contributed by atoms with Crippen LogP contribution in [0.2, 0.25) is 0 Å². The van der Waals surface area contributed by atoms with Gasteiger partial charge in [0.25, 0.3) is 11.8 Å². The lowest BCUT2D eigenvalue weighted by Gasteiger charge is -2.31. The van der Waals surface area contributed by atoms with Gasteiger partial charge in [-0.15, -0.1) is 0 Å². The van der Waals surface area contributed by atoms with Gasteiger partial charge in [-0.05, 0) is 47.8 Å². The molecule has 0 saturated heterocycles. The first-order valence-corrected chi connectivity index (χ1v) is 12.2. The first kappa shape index (κ1) is 28.1. The quantitative estimate of drug-likeness (QED) is 0.340. The highest BCUT2D eigenvalue weighted by atomic mass is 19.1. The Labute approximate surface area is 208 Å². The Morgan fingerprint density at radius 2 is 1.54 bits per heavy atom. The molecule has 2 aromatic carbocycles. The molecule has 0 aliphatic carbocycles. The summed E-state index contributed by atoms with van der Waals surface area (Å²) in [7, 11) is 0. The minimum atomic E-state index is -1.19. The average Bonchev–Trinajstić information content (AvgIpc) is 2.81. The fourth-order valence-corrected chi connectivity index (χ4v) is 3.63. The number of halogens is 1. The molecule has 0 fully saturated rings. The van der Waals surface area contributed by atoms with Crippen LogP contribution in [0.15, 0.2) is 36.4 Å². The topological polar surface area (TPSA) is 87.7 Å². The third kappa shape index (κ3) is 7.20. The standard InChI is InChI=1S/C28H39FN2O4/c1-8-23(26(34)31-20-14-19(15-21(32)16-20)30-25(33)17-29)35-24-12-11-18(27(4,5)9-2)13-22(24)28(6,7)10-3/h11-16,23,32H,8-10,17H2,1-7H3,(H,30,33)(H,31,34). The van der Waals surface area contributed by atoms with Crippen molar-refractivity contribution in [3.8, 4) is 11.5 Å². The number of carbonyl (C=O) groups is 2. The smallest absolute Gasteiger partial charge is 0.265 e. The van der Waals surface area contributed by atoms with E-state index in [-0.39, 0.29) is 33.9 Å². The number of rotatable bonds is 11. The van der Waals surface area contributed by atoms with Gasteiger partial charge in [-0.3, -0.25) is 9.59 Å². The number of nitrogens with one attached hydrogen (secondary N) is 2. The predicted octanol–water partition coefficient (Wildman–Crippen LogP) is 6.47. The van der Waals surface area contributed by atoms with Gasteiger partial charge < -0.3 is 20.5 Å². The van der Waals surface area contributed by atoms with Gasteiger partial charge >= 0.3 is 0 Å². The van der Waals surface area contributed by atoms with E-state index in [4.69, 9.17) is 4.74 Å². The van der Waals surface area contributed by atoms with Crippen LogP contribution in [-0.2, 0) is 20.4 Å². The number of hydrogen-bond acceptors (Lipinski definition) is 4. The van der Waals surface area contributed by atoms with E-state index in [1.54, 1.807) is 0 Å². The summed E-state index contributed by atoms with van der Waals surface area (Å²) in [5.41, 5.74) is 2.59. The van der Waals surface area contributed by atoms with E-state index in [2.05, 4.69) is 64.3 Å². The second-order valence-corrected chi connectivity index (χ2v) is 10.1. The Balaban J connectivity index is 2.33. The minimum Gasteiger partial charge on any atom is -0.508 e. The van der Waals surface area contributed by atoms with Crippen LogP contribution in [0, 0.1) is 0 Å². The fraction of sp³-hybridized carbons (Fsp3) is 0.500. The number of amides is 2. The summed E-state index contributed by atoms with van der Waals surface area (Å²) < 4.78 is 18.8. The SMILES string of the molecule is CCC(Oc1ccc(C(C)(C)CC)cc1C(C)(C)CC)C(=O)Nc1cc(O)cc(NC(=O)CF)c1. The van der Waals surface area contributed by atoms with Crippen LogP contribution in [-0.4, -0.2) is 29.7 Å². The molecule has 2 aromatic rings. The van der Waals surface area contributed by atoms with Gasteiger partial charge in [0.1, 0.15) is 11.5 Å². The lowest BCUT2D eigenvalue weighted by molar-refractivity contribution is -0.123. The molecule has 3 N–H and O–H groups in total. The highest BCUT2D eigenvalue weighted by molar-refractivity contribution is 5.96. The van der Waals surface area contributed by atoms with E-state index in [0.29, 0.717) is 12.2 Å². The first-order valence-electron chi connectivity index (χ1n) is 12.2. The number of alkyl halides is 1. The maximum absolute atomic E-state index is 13.1. The number of ether oxygens (including phenoxy) is 1. The molecule has 192 valence electrons. The Morgan fingerprint density at radius 3 is 2.09 bits per heavy atom. The summed E-state index contributed by atoms with van der Waals surface area (Å²) in [5.74, 6) is -0.740. The third-order valence-corrected chi connectivity index (χ3v) is 6.78. The largest absolute Gasteiger partial charge is 0.508 e. The first-order chi connectivity index (χ1) is 16.4. The average molecular weight is 487 g/mol. The highest BCUT2D eigenvalue weighted by Crippen LogP contribution is 2.39. The summed E-state index contributed by atoms with van der Waals surface area (Å²) in [6.45, 7) is 13.7. The highest BCUT2D eigenvalue weighted by Gasteiger charge is 2.29. The van der Waals surface area contributed by atoms with Crippen molar-refractivity contribution in [3.63, 3.8) is 0 Å². The second kappa shape index (κ2) is 11.6.